The molecular formula is C29H30Cl4F4O17S. The highest BCUT2D eigenvalue weighted by Crippen LogP contribution is 2.38. The maximum Gasteiger partial charge on any atom is 0.399 e. The summed E-state index contributed by atoms with van der Waals surface area (Å²) in [4.78, 5) is 43.8. The van der Waals surface area contributed by atoms with Crippen molar-refractivity contribution in [3.63, 3.8) is 0 Å². The summed E-state index contributed by atoms with van der Waals surface area (Å²) >= 11 is 21.8. The molecule has 17 nitrogen and oxygen atoms in total. The van der Waals surface area contributed by atoms with Crippen LogP contribution in [0.1, 0.15) is 11.1 Å². The van der Waals surface area contributed by atoms with Gasteiger partial charge in [-0.25, -0.2) is 4.79 Å². The lowest BCUT2D eigenvalue weighted by Gasteiger charge is -2.38. The van der Waals surface area contributed by atoms with E-state index in [4.69, 9.17) is 55.9 Å². The van der Waals surface area contributed by atoms with E-state index >= 15 is 0 Å². The number of carbonyl (C=O) groups excluding carboxylic acids is 4. The average molecular weight is 900 g/mol. The van der Waals surface area contributed by atoms with Gasteiger partial charge in [0, 0.05) is 10.0 Å². The molecule has 2 rings (SSSR count). The third-order valence-corrected chi connectivity index (χ3v) is 8.04. The maximum absolute atomic E-state index is 14.9. The highest BCUT2D eigenvalue weighted by Gasteiger charge is 2.68. The van der Waals surface area contributed by atoms with Crippen LogP contribution >= 0.6 is 46.4 Å². The second-order valence-corrected chi connectivity index (χ2v) is 13.4. The zero-order valence-electron chi connectivity index (χ0n) is 27.4. The summed E-state index contributed by atoms with van der Waals surface area (Å²) in [7, 11) is -4.74. The number of ether oxygens (including phenoxy) is 4. The molecule has 0 heterocycles. The summed E-state index contributed by atoms with van der Waals surface area (Å²) in [5.74, 6) is -26.1. The Morgan fingerprint density at radius 1 is 0.782 bits per heavy atom. The first-order chi connectivity index (χ1) is 25.2. The third-order valence-electron chi connectivity index (χ3n) is 6.41. The SMILES string of the molecule is CS(=O)(=O)OC(=O)C(F)(F)[C@](O)(OCc1ccccc1Cl)[C@H](O)C(O)OCc1ccccc1Cl.O=CC(F)(F)[C@](O)(OC(=O)CCl)[C@H](O)C(O)OC(=O)CCl. The molecule has 6 N–H and O–H groups in total. The highest BCUT2D eigenvalue weighted by atomic mass is 35.5. The summed E-state index contributed by atoms with van der Waals surface area (Å²) in [5, 5.41) is 59.5. The van der Waals surface area contributed by atoms with Gasteiger partial charge in [-0.3, -0.25) is 14.4 Å². The Balaban J connectivity index is 0.000000620. The van der Waals surface area contributed by atoms with E-state index in [0.717, 1.165) is 0 Å². The fourth-order valence-corrected chi connectivity index (χ4v) is 4.49. The molecule has 0 aliphatic rings. The van der Waals surface area contributed by atoms with E-state index < -0.39 is 107 Å². The number of carbonyl (C=O) groups is 4. The van der Waals surface area contributed by atoms with E-state index in [2.05, 4.69) is 13.7 Å². The van der Waals surface area contributed by atoms with Gasteiger partial charge in [0.2, 0.25) is 6.29 Å². The molecule has 0 fully saturated rings. The van der Waals surface area contributed by atoms with E-state index in [9.17, 15) is 75.8 Å². The minimum Gasteiger partial charge on any atom is -0.432 e. The molecule has 2 unspecified atom stereocenters. The molecule has 310 valence electrons. The number of hydrogen-bond donors (Lipinski definition) is 6. The molecular weight excluding hydrogens is 870 g/mol. The number of hydrogen-bond acceptors (Lipinski definition) is 17. The fraction of sp³-hybridized carbons (Fsp3) is 0.448. The van der Waals surface area contributed by atoms with Crippen molar-refractivity contribution in [1.82, 2.24) is 0 Å². The van der Waals surface area contributed by atoms with Crippen molar-refractivity contribution < 1.29 is 98.9 Å². The van der Waals surface area contributed by atoms with Crippen LogP contribution in [0.5, 0.6) is 0 Å². The van der Waals surface area contributed by atoms with E-state index in [0.29, 0.717) is 11.8 Å². The van der Waals surface area contributed by atoms with Crippen LogP contribution in [0, 0.1) is 0 Å². The Labute approximate surface area is 327 Å². The van der Waals surface area contributed by atoms with Crippen molar-refractivity contribution in [2.45, 2.75) is 61.4 Å². The Hall–Kier alpha value is -2.97. The van der Waals surface area contributed by atoms with E-state index in [1.807, 2.05) is 0 Å². The maximum atomic E-state index is 14.9. The van der Waals surface area contributed by atoms with Gasteiger partial charge in [0.1, 0.15) is 11.8 Å². The average Bonchev–Trinajstić information content (AvgIpc) is 3.12. The minimum absolute atomic E-state index is 0.0249. The Morgan fingerprint density at radius 2 is 1.24 bits per heavy atom. The van der Waals surface area contributed by atoms with Crippen LogP contribution in [0.15, 0.2) is 48.5 Å². The summed E-state index contributed by atoms with van der Waals surface area (Å²) in [5.41, 5.74) is 0.340. The first kappa shape index (κ1) is 50.0. The van der Waals surface area contributed by atoms with Crippen LogP contribution in [0.25, 0.3) is 0 Å². The molecule has 6 atom stereocenters. The van der Waals surface area contributed by atoms with Gasteiger partial charge < -0.3 is 53.8 Å². The van der Waals surface area contributed by atoms with E-state index in [-0.39, 0.29) is 15.6 Å². The number of rotatable bonds is 19. The lowest BCUT2D eigenvalue weighted by molar-refractivity contribution is -0.375. The van der Waals surface area contributed by atoms with Crippen LogP contribution in [0.3, 0.4) is 0 Å². The molecule has 2 aromatic carbocycles. The molecule has 0 aliphatic carbocycles. The van der Waals surface area contributed by atoms with Gasteiger partial charge in [0.25, 0.3) is 5.79 Å². The van der Waals surface area contributed by atoms with Gasteiger partial charge in [-0.2, -0.15) is 26.0 Å². The molecule has 0 aliphatic heterocycles. The Kier molecular flexibility index (Phi) is 19.1. The van der Waals surface area contributed by atoms with E-state index in [1.54, 1.807) is 12.1 Å². The predicted molar refractivity (Wildman–Crippen MR) is 177 cm³/mol. The van der Waals surface area contributed by atoms with Crippen molar-refractivity contribution in [3.05, 3.63) is 69.7 Å². The number of aliphatic hydroxyl groups is 6. The van der Waals surface area contributed by atoms with Gasteiger partial charge in [-0.1, -0.05) is 59.6 Å². The Morgan fingerprint density at radius 3 is 1.67 bits per heavy atom. The lowest BCUT2D eigenvalue weighted by atomic mass is 10.0. The van der Waals surface area contributed by atoms with E-state index in [1.165, 1.54) is 36.4 Å². The molecule has 0 saturated heterocycles. The van der Waals surface area contributed by atoms with Crippen LogP contribution in [-0.2, 0) is 65.6 Å². The molecule has 0 bridgehead atoms. The third kappa shape index (κ3) is 13.6. The smallest absolute Gasteiger partial charge is 0.399 e. The zero-order chi connectivity index (χ0) is 42.6. The van der Waals surface area contributed by atoms with Crippen LogP contribution < -0.4 is 0 Å². The quantitative estimate of drug-likeness (QED) is 0.0287. The summed E-state index contributed by atoms with van der Waals surface area (Å²) in [6.07, 6.45) is -12.3. The molecule has 26 heteroatoms. The second kappa shape index (κ2) is 21.0. The van der Waals surface area contributed by atoms with Gasteiger partial charge in [0.05, 0.1) is 19.5 Å². The minimum atomic E-state index is -5.22. The molecule has 55 heavy (non-hydrogen) atoms. The number of aldehydes is 1. The normalized spacial score (nSPS) is 16.4. The predicted octanol–water partition coefficient (Wildman–Crippen LogP) is 0.985. The molecule has 0 spiro atoms. The largest absolute Gasteiger partial charge is 0.432 e. The first-order valence-electron chi connectivity index (χ1n) is 14.3. The van der Waals surface area contributed by atoms with Crippen LogP contribution in [0.4, 0.5) is 17.6 Å². The van der Waals surface area contributed by atoms with Gasteiger partial charge >= 0.3 is 45.7 Å². The highest BCUT2D eigenvalue weighted by molar-refractivity contribution is 7.86. The van der Waals surface area contributed by atoms with Crippen molar-refractivity contribution in [2.24, 2.45) is 0 Å². The number of alkyl halides is 6. The number of esters is 2. The molecule has 0 aromatic heterocycles. The zero-order valence-corrected chi connectivity index (χ0v) is 31.3. The molecule has 0 saturated carbocycles. The Bertz CT molecular complexity index is 1740. The number of aliphatic hydroxyl groups excluding tert-OH is 4. The first-order valence-corrected chi connectivity index (χ1v) is 18.0. The van der Waals surface area contributed by atoms with Crippen LogP contribution in [0.2, 0.25) is 10.0 Å². The van der Waals surface area contributed by atoms with Gasteiger partial charge in [-0.05, 0) is 23.3 Å². The summed E-state index contributed by atoms with van der Waals surface area (Å²) in [6, 6.07) is 11.8. The monoisotopic (exact) mass is 898 g/mol. The molecule has 2 aromatic rings. The molecule has 0 radical (unpaired) electrons. The molecule has 0 amide bonds. The lowest BCUT2D eigenvalue weighted by Crippen LogP contribution is -2.65. The van der Waals surface area contributed by atoms with Crippen LogP contribution in [-0.4, -0.2) is 129 Å². The second-order valence-electron chi connectivity index (χ2n) is 10.5. The van der Waals surface area contributed by atoms with Crippen molar-refractivity contribution in [1.29, 1.82) is 0 Å². The summed E-state index contributed by atoms with van der Waals surface area (Å²) < 4.78 is 100. The number of halogens is 8. The standard InChI is InChI=1S/C20H20Cl2F2O9S.C9H10Cl2F2O8/c1-34(29,30)33-18(27)19(23,24)20(28,32-11-13-7-3-5-9-15(13)22)16(25)17(26)31-10-12-6-2-4-8-14(12)21;10-1-4(15)20-7(18)6(17)9(19,8(12,13)3-14)21-5(16)2-11/h2-9,16-17,25-26,28H,10-11H2,1H3;3,6-7,17-19H,1-2H2/t16-,17?,20-;6-,7?,9-/m11/s1. The van der Waals surface area contributed by atoms with Gasteiger partial charge in [0.15, 0.2) is 24.8 Å². The van der Waals surface area contributed by atoms with Crippen molar-refractivity contribution in [2.75, 3.05) is 18.0 Å². The number of benzene rings is 2. The topological polar surface area (TPSA) is 270 Å². The fourth-order valence-electron chi connectivity index (χ4n) is 3.61. The van der Waals surface area contributed by atoms with Crippen molar-refractivity contribution in [3.8, 4) is 0 Å². The summed E-state index contributed by atoms with van der Waals surface area (Å²) in [6.45, 7) is -1.40. The van der Waals surface area contributed by atoms with Crippen molar-refractivity contribution >= 4 is 80.7 Å². The van der Waals surface area contributed by atoms with Gasteiger partial charge in [-0.15, -0.1) is 23.2 Å².